The molecule has 122 valence electrons. The molecule has 0 saturated heterocycles. The second-order valence-corrected chi connectivity index (χ2v) is 4.86. The molecule has 0 unspecified atom stereocenters. The van der Waals surface area contributed by atoms with Gasteiger partial charge in [-0.05, 0) is 34.6 Å². The van der Waals surface area contributed by atoms with Crippen molar-refractivity contribution in [3.63, 3.8) is 0 Å². The van der Waals surface area contributed by atoms with Gasteiger partial charge in [-0.25, -0.2) is 14.4 Å². The molecule has 0 bridgehead atoms. The van der Waals surface area contributed by atoms with Crippen molar-refractivity contribution in [3.8, 4) is 11.3 Å². The Hall–Kier alpha value is -3.49. The van der Waals surface area contributed by atoms with Crippen LogP contribution in [0.25, 0.3) is 22.3 Å². The van der Waals surface area contributed by atoms with Crippen molar-refractivity contribution in [3.05, 3.63) is 42.1 Å². The molecule has 0 fully saturated rings. The Morgan fingerprint density at radius 1 is 1.04 bits per heavy atom. The summed E-state index contributed by atoms with van der Waals surface area (Å²) in [5.41, 5.74) is 2.86. The molecular formula is C15H13N5O4. The van der Waals surface area contributed by atoms with E-state index in [0.29, 0.717) is 16.7 Å². The number of pyridine rings is 1. The zero-order chi connectivity index (χ0) is 16.9. The number of benzene rings is 1. The van der Waals surface area contributed by atoms with Crippen molar-refractivity contribution >= 4 is 23.0 Å². The van der Waals surface area contributed by atoms with Crippen LogP contribution in [-0.2, 0) is 0 Å². The largest absolute Gasteiger partial charge is 0.465 e. The van der Waals surface area contributed by atoms with E-state index in [9.17, 15) is 9.59 Å². The van der Waals surface area contributed by atoms with Gasteiger partial charge in [0.15, 0.2) is 0 Å². The third kappa shape index (κ3) is 3.46. The second kappa shape index (κ2) is 6.73. The molecule has 0 aliphatic heterocycles. The standard InChI is InChI=1S/C15H13N5O4/c21-14(16-6-7-17-15(22)23)12-3-1-2-10(18-12)9-4-5-11-13(8-9)20-24-19-11/h1-5,8,17H,6-7H2,(H,16,21)(H,22,23). The number of aromatic nitrogens is 3. The second-order valence-electron chi connectivity index (χ2n) is 4.86. The lowest BCUT2D eigenvalue weighted by Crippen LogP contribution is -2.34. The summed E-state index contributed by atoms with van der Waals surface area (Å²) < 4.78 is 4.66. The maximum Gasteiger partial charge on any atom is 0.404 e. The van der Waals surface area contributed by atoms with Gasteiger partial charge < -0.3 is 15.7 Å². The molecule has 9 nitrogen and oxygen atoms in total. The van der Waals surface area contributed by atoms with Crippen LogP contribution in [0.4, 0.5) is 4.79 Å². The van der Waals surface area contributed by atoms with Gasteiger partial charge in [0.25, 0.3) is 5.91 Å². The summed E-state index contributed by atoms with van der Waals surface area (Å²) >= 11 is 0. The maximum absolute atomic E-state index is 12.1. The number of carboxylic acid groups (broad SMARTS) is 1. The van der Waals surface area contributed by atoms with Gasteiger partial charge in [-0.3, -0.25) is 4.79 Å². The molecule has 0 radical (unpaired) electrons. The Labute approximate surface area is 135 Å². The molecule has 2 amide bonds. The van der Waals surface area contributed by atoms with E-state index in [1.165, 1.54) is 0 Å². The van der Waals surface area contributed by atoms with Gasteiger partial charge in [0.05, 0.1) is 5.69 Å². The summed E-state index contributed by atoms with van der Waals surface area (Å²) in [5, 5.41) is 20.7. The number of fused-ring (bicyclic) bond motifs is 1. The average Bonchev–Trinajstić information content (AvgIpc) is 3.06. The quantitative estimate of drug-likeness (QED) is 0.602. The zero-order valence-electron chi connectivity index (χ0n) is 12.4. The van der Waals surface area contributed by atoms with E-state index >= 15 is 0 Å². The van der Waals surface area contributed by atoms with Gasteiger partial charge in [-0.2, -0.15) is 0 Å². The Kier molecular flexibility index (Phi) is 4.32. The number of nitrogens with one attached hydrogen (secondary N) is 2. The average molecular weight is 327 g/mol. The van der Waals surface area contributed by atoms with Crippen LogP contribution in [0.5, 0.6) is 0 Å². The van der Waals surface area contributed by atoms with Gasteiger partial charge in [0, 0.05) is 18.7 Å². The van der Waals surface area contributed by atoms with Crippen LogP contribution >= 0.6 is 0 Å². The topological polar surface area (TPSA) is 130 Å². The minimum Gasteiger partial charge on any atom is -0.465 e. The minimum atomic E-state index is -1.14. The first-order chi connectivity index (χ1) is 11.6. The van der Waals surface area contributed by atoms with Crippen LogP contribution in [0, 0.1) is 0 Å². The smallest absolute Gasteiger partial charge is 0.404 e. The number of amides is 2. The fourth-order valence-electron chi connectivity index (χ4n) is 2.10. The molecule has 0 saturated carbocycles. The molecule has 0 aliphatic rings. The summed E-state index contributed by atoms with van der Waals surface area (Å²) in [4.78, 5) is 26.7. The first-order valence-corrected chi connectivity index (χ1v) is 7.08. The Bertz CT molecular complexity index is 892. The van der Waals surface area contributed by atoms with Crippen LogP contribution in [0.2, 0.25) is 0 Å². The summed E-state index contributed by atoms with van der Waals surface area (Å²) in [6.07, 6.45) is -1.14. The summed E-state index contributed by atoms with van der Waals surface area (Å²) in [7, 11) is 0. The third-order valence-corrected chi connectivity index (χ3v) is 3.22. The summed E-state index contributed by atoms with van der Waals surface area (Å²) in [5.74, 6) is -0.381. The third-order valence-electron chi connectivity index (χ3n) is 3.22. The molecule has 0 spiro atoms. The van der Waals surface area contributed by atoms with E-state index in [1.54, 1.807) is 30.3 Å². The van der Waals surface area contributed by atoms with Gasteiger partial charge in [0.2, 0.25) is 0 Å². The first kappa shape index (κ1) is 15.4. The Morgan fingerprint density at radius 3 is 2.67 bits per heavy atom. The highest BCUT2D eigenvalue weighted by atomic mass is 16.6. The summed E-state index contributed by atoms with van der Waals surface area (Å²) in [6.45, 7) is 0.296. The van der Waals surface area contributed by atoms with Gasteiger partial charge in [0.1, 0.15) is 16.7 Å². The highest BCUT2D eigenvalue weighted by Gasteiger charge is 2.10. The Balaban J connectivity index is 1.73. The fourth-order valence-corrected chi connectivity index (χ4v) is 2.10. The first-order valence-electron chi connectivity index (χ1n) is 7.08. The number of rotatable bonds is 5. The van der Waals surface area contributed by atoms with Crippen LogP contribution in [0.3, 0.4) is 0 Å². The number of carbonyl (C=O) groups is 2. The lowest BCUT2D eigenvalue weighted by Gasteiger charge is -2.06. The number of hydrogen-bond donors (Lipinski definition) is 3. The van der Waals surface area contributed by atoms with Gasteiger partial charge in [-0.15, -0.1) is 0 Å². The lowest BCUT2D eigenvalue weighted by molar-refractivity contribution is 0.0948. The van der Waals surface area contributed by atoms with Crippen LogP contribution in [0.1, 0.15) is 10.5 Å². The van der Waals surface area contributed by atoms with Gasteiger partial charge in [-0.1, -0.05) is 12.1 Å². The van der Waals surface area contributed by atoms with Crippen molar-refractivity contribution in [1.29, 1.82) is 0 Å². The SMILES string of the molecule is O=C(O)NCCNC(=O)c1cccc(-c2ccc3nonc3c2)n1. The van der Waals surface area contributed by atoms with Crippen molar-refractivity contribution in [2.24, 2.45) is 0 Å². The van der Waals surface area contributed by atoms with E-state index in [4.69, 9.17) is 5.11 Å². The molecule has 1 aromatic carbocycles. The zero-order valence-corrected chi connectivity index (χ0v) is 12.4. The van der Waals surface area contributed by atoms with Crippen molar-refractivity contribution in [1.82, 2.24) is 25.9 Å². The fraction of sp³-hybridized carbons (Fsp3) is 0.133. The molecule has 3 N–H and O–H groups in total. The minimum absolute atomic E-state index is 0.122. The Morgan fingerprint density at radius 2 is 1.83 bits per heavy atom. The van der Waals surface area contributed by atoms with Gasteiger partial charge >= 0.3 is 6.09 Å². The van der Waals surface area contributed by atoms with Crippen LogP contribution in [0.15, 0.2) is 41.0 Å². The van der Waals surface area contributed by atoms with E-state index in [2.05, 4.69) is 30.6 Å². The van der Waals surface area contributed by atoms with Crippen molar-refractivity contribution in [2.45, 2.75) is 0 Å². The highest BCUT2D eigenvalue weighted by Crippen LogP contribution is 2.21. The molecule has 3 aromatic rings. The van der Waals surface area contributed by atoms with E-state index in [-0.39, 0.29) is 24.7 Å². The van der Waals surface area contributed by atoms with Crippen LogP contribution < -0.4 is 10.6 Å². The number of hydrogen-bond acceptors (Lipinski definition) is 6. The van der Waals surface area contributed by atoms with Crippen LogP contribution in [-0.4, -0.2) is 45.5 Å². The van der Waals surface area contributed by atoms with Crippen molar-refractivity contribution < 1.29 is 19.3 Å². The molecule has 2 aromatic heterocycles. The number of carbonyl (C=O) groups excluding carboxylic acids is 1. The van der Waals surface area contributed by atoms with E-state index in [0.717, 1.165) is 5.56 Å². The van der Waals surface area contributed by atoms with E-state index in [1.807, 2.05) is 6.07 Å². The predicted molar refractivity (Wildman–Crippen MR) is 83.4 cm³/mol. The lowest BCUT2D eigenvalue weighted by atomic mass is 10.1. The molecule has 0 atom stereocenters. The normalized spacial score (nSPS) is 10.5. The monoisotopic (exact) mass is 327 g/mol. The van der Waals surface area contributed by atoms with E-state index < -0.39 is 6.09 Å². The molecule has 24 heavy (non-hydrogen) atoms. The molecule has 3 rings (SSSR count). The molecule has 0 aliphatic carbocycles. The molecule has 9 heteroatoms. The highest BCUT2D eigenvalue weighted by molar-refractivity contribution is 5.93. The summed E-state index contributed by atoms with van der Waals surface area (Å²) in [6, 6.07) is 10.4. The maximum atomic E-state index is 12.1. The molecular weight excluding hydrogens is 314 g/mol. The number of nitrogens with zero attached hydrogens (tertiary/aromatic N) is 3. The van der Waals surface area contributed by atoms with Crippen molar-refractivity contribution in [2.75, 3.05) is 13.1 Å². The molecule has 2 heterocycles. The predicted octanol–water partition coefficient (Wildman–Crippen LogP) is 1.28.